The molecular weight excluding hydrogens is 259 g/mol. The molecule has 7 heteroatoms. The Bertz CT molecular complexity index is 543. The van der Waals surface area contributed by atoms with Crippen molar-refractivity contribution < 1.29 is 17.6 Å². The van der Waals surface area contributed by atoms with Crippen LogP contribution in [0.4, 0.5) is 15.8 Å². The number of rotatable bonds is 5. The number of hydrogen-bond acceptors (Lipinski definition) is 4. The normalized spacial score (nSPS) is 11.2. The third kappa shape index (κ3) is 4.33. The van der Waals surface area contributed by atoms with Crippen LogP contribution in [0.2, 0.25) is 0 Å². The summed E-state index contributed by atoms with van der Waals surface area (Å²) in [7, 11) is -3.17. The number of nitrogens with one attached hydrogen (secondary N) is 1. The van der Waals surface area contributed by atoms with Crippen molar-refractivity contribution in [1.29, 1.82) is 0 Å². The van der Waals surface area contributed by atoms with Crippen LogP contribution in [-0.2, 0) is 14.6 Å². The average molecular weight is 274 g/mol. The standard InChI is InChI=1S/C11H15FN2O3S/c1-2-18(16,17)6-5-11(15)14-8-3-4-9(12)10(13)7-8/h3-4,7H,2,5-6,13H2,1H3,(H,14,15). The van der Waals surface area contributed by atoms with E-state index in [0.717, 1.165) is 6.07 Å². The van der Waals surface area contributed by atoms with Crippen molar-refractivity contribution >= 4 is 27.1 Å². The van der Waals surface area contributed by atoms with Crippen LogP contribution in [0, 0.1) is 5.82 Å². The SMILES string of the molecule is CCS(=O)(=O)CCC(=O)Nc1ccc(F)c(N)c1. The number of carbonyl (C=O) groups excluding carboxylic acids is 1. The summed E-state index contributed by atoms with van der Waals surface area (Å²) >= 11 is 0. The van der Waals surface area contributed by atoms with Crippen LogP contribution < -0.4 is 11.1 Å². The summed E-state index contributed by atoms with van der Waals surface area (Å²) in [5, 5.41) is 2.46. The molecule has 0 unspecified atom stereocenters. The van der Waals surface area contributed by atoms with E-state index in [2.05, 4.69) is 5.32 Å². The Morgan fingerprint density at radius 2 is 2.11 bits per heavy atom. The average Bonchev–Trinajstić information content (AvgIpc) is 2.32. The van der Waals surface area contributed by atoms with E-state index < -0.39 is 21.6 Å². The molecule has 0 radical (unpaired) electrons. The van der Waals surface area contributed by atoms with Gasteiger partial charge in [0.2, 0.25) is 5.91 Å². The van der Waals surface area contributed by atoms with Gasteiger partial charge in [-0.3, -0.25) is 4.79 Å². The van der Waals surface area contributed by atoms with Gasteiger partial charge >= 0.3 is 0 Å². The van der Waals surface area contributed by atoms with Crippen molar-refractivity contribution in [3.05, 3.63) is 24.0 Å². The van der Waals surface area contributed by atoms with Crippen molar-refractivity contribution in [2.75, 3.05) is 22.6 Å². The predicted molar refractivity (Wildman–Crippen MR) is 68.4 cm³/mol. The molecule has 0 saturated heterocycles. The number of amides is 1. The maximum absolute atomic E-state index is 12.9. The Labute approximate surface area is 105 Å². The lowest BCUT2D eigenvalue weighted by Crippen LogP contribution is -2.18. The van der Waals surface area contributed by atoms with E-state index in [1.54, 1.807) is 0 Å². The van der Waals surface area contributed by atoms with E-state index >= 15 is 0 Å². The summed E-state index contributed by atoms with van der Waals surface area (Å²) in [5.74, 6) is -1.21. The van der Waals surface area contributed by atoms with E-state index in [1.165, 1.54) is 19.1 Å². The zero-order chi connectivity index (χ0) is 13.8. The van der Waals surface area contributed by atoms with Crippen molar-refractivity contribution in [2.45, 2.75) is 13.3 Å². The first-order chi connectivity index (χ1) is 8.34. The van der Waals surface area contributed by atoms with Crippen LogP contribution in [0.5, 0.6) is 0 Å². The number of halogens is 1. The van der Waals surface area contributed by atoms with E-state index in [1.807, 2.05) is 0 Å². The molecule has 5 nitrogen and oxygen atoms in total. The van der Waals surface area contributed by atoms with Gasteiger partial charge in [-0.2, -0.15) is 0 Å². The van der Waals surface area contributed by atoms with Gasteiger partial charge in [-0.1, -0.05) is 6.92 Å². The third-order valence-electron chi connectivity index (χ3n) is 2.36. The topological polar surface area (TPSA) is 89.3 Å². The molecule has 0 aliphatic rings. The molecule has 1 aromatic rings. The third-order valence-corrected chi connectivity index (χ3v) is 4.07. The molecule has 0 fully saturated rings. The molecule has 3 N–H and O–H groups in total. The minimum absolute atomic E-state index is 0.00375. The fourth-order valence-electron chi connectivity index (χ4n) is 1.24. The molecule has 0 saturated carbocycles. The maximum atomic E-state index is 12.9. The monoisotopic (exact) mass is 274 g/mol. The fraction of sp³-hybridized carbons (Fsp3) is 0.364. The van der Waals surface area contributed by atoms with Gasteiger partial charge in [-0.05, 0) is 18.2 Å². The smallest absolute Gasteiger partial charge is 0.225 e. The van der Waals surface area contributed by atoms with Gasteiger partial charge < -0.3 is 11.1 Å². The minimum atomic E-state index is -3.17. The first-order valence-corrected chi connectivity index (χ1v) is 7.21. The van der Waals surface area contributed by atoms with Crippen LogP contribution in [0.25, 0.3) is 0 Å². The van der Waals surface area contributed by atoms with Crippen LogP contribution in [0.15, 0.2) is 18.2 Å². The molecule has 0 aliphatic heterocycles. The minimum Gasteiger partial charge on any atom is -0.396 e. The molecule has 0 spiro atoms. The molecular formula is C11H15FN2O3S. The highest BCUT2D eigenvalue weighted by atomic mass is 32.2. The van der Waals surface area contributed by atoms with Gasteiger partial charge in [0.15, 0.2) is 9.84 Å². The molecule has 1 amide bonds. The molecule has 0 heterocycles. The van der Waals surface area contributed by atoms with Gasteiger partial charge in [0.05, 0.1) is 11.4 Å². The molecule has 18 heavy (non-hydrogen) atoms. The van der Waals surface area contributed by atoms with E-state index in [0.29, 0.717) is 5.69 Å². The lowest BCUT2D eigenvalue weighted by molar-refractivity contribution is -0.115. The van der Waals surface area contributed by atoms with Crippen LogP contribution >= 0.6 is 0 Å². The highest BCUT2D eigenvalue weighted by Gasteiger charge is 2.11. The number of hydrogen-bond donors (Lipinski definition) is 2. The van der Waals surface area contributed by atoms with Crippen LogP contribution in [0.1, 0.15) is 13.3 Å². The lowest BCUT2D eigenvalue weighted by atomic mass is 10.2. The highest BCUT2D eigenvalue weighted by molar-refractivity contribution is 7.91. The van der Waals surface area contributed by atoms with Gasteiger partial charge in [0, 0.05) is 17.9 Å². The van der Waals surface area contributed by atoms with Crippen molar-refractivity contribution in [3.63, 3.8) is 0 Å². The number of nitrogen functional groups attached to an aromatic ring is 1. The van der Waals surface area contributed by atoms with Crippen molar-refractivity contribution in [1.82, 2.24) is 0 Å². The van der Waals surface area contributed by atoms with E-state index in [4.69, 9.17) is 5.73 Å². The quantitative estimate of drug-likeness (QED) is 0.789. The summed E-state index contributed by atoms with van der Waals surface area (Å²) in [6.45, 7) is 1.52. The van der Waals surface area contributed by atoms with Gasteiger partial charge in [-0.15, -0.1) is 0 Å². The van der Waals surface area contributed by atoms with Crippen molar-refractivity contribution in [2.24, 2.45) is 0 Å². The van der Waals surface area contributed by atoms with Gasteiger partial charge in [0.1, 0.15) is 5.82 Å². The number of benzene rings is 1. The van der Waals surface area contributed by atoms with Crippen LogP contribution in [0.3, 0.4) is 0 Å². The van der Waals surface area contributed by atoms with E-state index in [-0.39, 0.29) is 23.6 Å². The van der Waals surface area contributed by atoms with E-state index in [9.17, 15) is 17.6 Å². The first-order valence-electron chi connectivity index (χ1n) is 5.39. The molecule has 1 aromatic carbocycles. The Morgan fingerprint density at radius 1 is 1.44 bits per heavy atom. The second-order valence-corrected chi connectivity index (χ2v) is 6.24. The number of sulfone groups is 1. The summed E-state index contributed by atoms with van der Waals surface area (Å²) in [6.07, 6.45) is -0.131. The molecule has 0 atom stereocenters. The summed E-state index contributed by atoms with van der Waals surface area (Å²) < 4.78 is 35.3. The Kier molecular flexibility index (Phi) is 4.66. The number of anilines is 2. The zero-order valence-electron chi connectivity index (χ0n) is 9.94. The second-order valence-electron chi connectivity index (χ2n) is 3.77. The lowest BCUT2D eigenvalue weighted by Gasteiger charge is -2.06. The molecule has 100 valence electrons. The zero-order valence-corrected chi connectivity index (χ0v) is 10.8. The predicted octanol–water partition coefficient (Wildman–Crippen LogP) is 1.17. The van der Waals surface area contributed by atoms with Gasteiger partial charge in [-0.25, -0.2) is 12.8 Å². The summed E-state index contributed by atoms with van der Waals surface area (Å²) in [6, 6.07) is 3.77. The largest absolute Gasteiger partial charge is 0.396 e. The number of carbonyl (C=O) groups is 1. The molecule has 0 aromatic heterocycles. The second kappa shape index (κ2) is 5.81. The molecule has 0 bridgehead atoms. The first kappa shape index (κ1) is 14.4. The highest BCUT2D eigenvalue weighted by Crippen LogP contribution is 2.16. The Hall–Kier alpha value is -1.63. The van der Waals surface area contributed by atoms with Gasteiger partial charge in [0.25, 0.3) is 0 Å². The fourth-order valence-corrected chi connectivity index (χ4v) is 2.02. The Morgan fingerprint density at radius 3 is 2.67 bits per heavy atom. The Balaban J connectivity index is 2.57. The summed E-state index contributed by atoms with van der Waals surface area (Å²) in [4.78, 5) is 11.5. The maximum Gasteiger partial charge on any atom is 0.225 e. The van der Waals surface area contributed by atoms with Crippen molar-refractivity contribution in [3.8, 4) is 0 Å². The molecule has 0 aliphatic carbocycles. The number of nitrogens with two attached hydrogens (primary N) is 1. The van der Waals surface area contributed by atoms with Crippen LogP contribution in [-0.4, -0.2) is 25.8 Å². The molecule has 1 rings (SSSR count). The summed E-state index contributed by atoms with van der Waals surface area (Å²) in [5.41, 5.74) is 5.60.